The van der Waals surface area contributed by atoms with E-state index in [-0.39, 0.29) is 6.42 Å². The van der Waals surface area contributed by atoms with Gasteiger partial charge in [-0.15, -0.1) is 0 Å². The zero-order valence-corrected chi connectivity index (χ0v) is 17.1. The summed E-state index contributed by atoms with van der Waals surface area (Å²) in [4.78, 5) is 0. The second-order valence-corrected chi connectivity index (χ2v) is 18.2. The number of rotatable bonds is 6. The van der Waals surface area contributed by atoms with Crippen molar-refractivity contribution < 1.29 is 23.2 Å². The lowest BCUT2D eigenvalue weighted by Crippen LogP contribution is -2.67. The fourth-order valence-electron chi connectivity index (χ4n) is 3.45. The maximum absolute atomic E-state index is 12.9. The second-order valence-electron chi connectivity index (χ2n) is 8.09. The Morgan fingerprint density at radius 3 is 1.92 bits per heavy atom. The van der Waals surface area contributed by atoms with Crippen LogP contribution in [0, 0.1) is 0 Å². The molecule has 0 saturated carbocycles. The molecular weight excluding hydrogens is 350 g/mol. The third-order valence-corrected chi connectivity index (χ3v) is 11.4. The highest BCUT2D eigenvalue weighted by Crippen LogP contribution is 2.31. The topological polar surface area (TPSA) is 43.7 Å². The molecule has 0 fully saturated rings. The van der Waals surface area contributed by atoms with Crippen molar-refractivity contribution in [3.8, 4) is 0 Å². The van der Waals surface area contributed by atoms with Crippen molar-refractivity contribution >= 4 is 23.6 Å². The molecule has 0 saturated heterocycles. The summed E-state index contributed by atoms with van der Waals surface area (Å²) in [7, 11) is -5.40. The monoisotopic (exact) mass is 377 g/mol. The van der Waals surface area contributed by atoms with Crippen molar-refractivity contribution in [2.45, 2.75) is 57.8 Å². The number of nitrogens with zero attached hydrogens (tertiary/aromatic N) is 1. The summed E-state index contributed by atoms with van der Waals surface area (Å²) in [5.41, 5.74) is -0.247. The fourth-order valence-corrected chi connectivity index (χ4v) is 13.9. The predicted molar refractivity (Wildman–Crippen MR) is 97.7 cm³/mol. The quantitative estimate of drug-likeness (QED) is 0.745. The van der Waals surface area contributed by atoms with E-state index >= 15 is 0 Å². The molecule has 1 aromatic carbocycles. The summed E-state index contributed by atoms with van der Waals surface area (Å²) in [6.45, 7) is 12.7. The van der Waals surface area contributed by atoms with Gasteiger partial charge in [0.1, 0.15) is 16.5 Å². The maximum Gasteiger partial charge on any atom is 0.468 e. The van der Waals surface area contributed by atoms with Gasteiger partial charge in [-0.25, -0.2) is 0 Å². The molecule has 24 heavy (non-hydrogen) atoms. The van der Waals surface area contributed by atoms with Crippen molar-refractivity contribution in [3.05, 3.63) is 35.4 Å². The Morgan fingerprint density at radius 1 is 1.04 bits per heavy atom. The van der Waals surface area contributed by atoms with Crippen LogP contribution < -0.4 is 0 Å². The van der Waals surface area contributed by atoms with Crippen molar-refractivity contribution in [2.75, 3.05) is 0 Å². The van der Waals surface area contributed by atoms with E-state index in [0.29, 0.717) is 5.56 Å². The van der Waals surface area contributed by atoms with Crippen LogP contribution in [0.25, 0.3) is 0 Å². The summed E-state index contributed by atoms with van der Waals surface area (Å²) in [6, 6.07) is 5.11. The molecule has 3 nitrogen and oxygen atoms in total. The Labute approximate surface area is 144 Å². The van der Waals surface area contributed by atoms with Gasteiger partial charge in [0, 0.05) is 5.94 Å². The smallest absolute Gasteiger partial charge is 0.426 e. The van der Waals surface area contributed by atoms with Crippen LogP contribution in [0.1, 0.15) is 11.1 Å². The molecule has 0 aromatic heterocycles. The minimum atomic E-state index is -4.40. The van der Waals surface area contributed by atoms with Gasteiger partial charge in [-0.1, -0.05) is 57.5 Å². The Balaban J connectivity index is 3.23. The van der Waals surface area contributed by atoms with E-state index in [1.54, 1.807) is 6.07 Å². The SMILES string of the molecule is C[Si](C)(C)N([C@@H](Cc1cccc(C(F)(F)F)c1)B(O)O)[Si](C)(C)C. The largest absolute Gasteiger partial charge is 0.468 e. The van der Waals surface area contributed by atoms with Gasteiger partial charge < -0.3 is 14.3 Å². The van der Waals surface area contributed by atoms with Crippen molar-refractivity contribution in [1.82, 2.24) is 4.23 Å². The van der Waals surface area contributed by atoms with Crippen LogP contribution in [0.5, 0.6) is 0 Å². The van der Waals surface area contributed by atoms with Crippen molar-refractivity contribution in [1.29, 1.82) is 0 Å². The molecule has 0 heterocycles. The third kappa shape index (κ3) is 5.73. The molecule has 1 rings (SSSR count). The van der Waals surface area contributed by atoms with E-state index in [1.807, 2.05) is 0 Å². The molecule has 0 radical (unpaired) electrons. The molecule has 0 unspecified atom stereocenters. The van der Waals surface area contributed by atoms with Gasteiger partial charge >= 0.3 is 13.3 Å². The highest BCUT2D eigenvalue weighted by atomic mass is 28.4. The van der Waals surface area contributed by atoms with Gasteiger partial charge in [-0.3, -0.25) is 0 Å². The number of halogens is 3. The molecule has 1 aromatic rings. The van der Waals surface area contributed by atoms with Crippen LogP contribution in [0.4, 0.5) is 13.2 Å². The van der Waals surface area contributed by atoms with Crippen LogP contribution in [0.3, 0.4) is 0 Å². The first-order chi connectivity index (χ1) is 10.6. The van der Waals surface area contributed by atoms with Gasteiger partial charge in [0.2, 0.25) is 0 Å². The van der Waals surface area contributed by atoms with Crippen molar-refractivity contribution in [2.24, 2.45) is 0 Å². The zero-order chi connectivity index (χ0) is 18.9. The molecule has 0 aliphatic carbocycles. The predicted octanol–water partition coefficient (Wildman–Crippen LogP) is 3.60. The molecule has 0 aliphatic heterocycles. The minimum Gasteiger partial charge on any atom is -0.426 e. The van der Waals surface area contributed by atoms with E-state index in [1.165, 1.54) is 6.07 Å². The Kier molecular flexibility index (Phi) is 6.54. The molecule has 136 valence electrons. The summed E-state index contributed by atoms with van der Waals surface area (Å²) in [5, 5.41) is 19.9. The fraction of sp³-hybridized carbons (Fsp3) is 0.600. The summed E-state index contributed by atoms with van der Waals surface area (Å²) in [6.07, 6.45) is -4.23. The van der Waals surface area contributed by atoms with Crippen LogP contribution in [-0.2, 0) is 12.6 Å². The standard InChI is InChI=1S/C15H27BF3NO2Si2/c1-23(2,3)20(24(4,5)6)14(16(21)22)11-12-8-7-9-13(10-12)15(17,18)19/h7-10,14,21-22H,11H2,1-6H3/t14-/m0/s1. The Morgan fingerprint density at radius 2 is 1.54 bits per heavy atom. The average Bonchev–Trinajstić information content (AvgIpc) is 2.33. The lowest BCUT2D eigenvalue weighted by atomic mass is 9.76. The van der Waals surface area contributed by atoms with Gasteiger partial charge in [0.25, 0.3) is 0 Å². The summed E-state index contributed by atoms with van der Waals surface area (Å²) in [5.74, 6) is -0.605. The van der Waals surface area contributed by atoms with E-state index in [2.05, 4.69) is 43.5 Å². The molecule has 2 N–H and O–H groups in total. The molecular formula is C15H27BF3NO2Si2. The first kappa shape index (κ1) is 21.4. The van der Waals surface area contributed by atoms with Gasteiger partial charge in [-0.05, 0) is 18.1 Å². The first-order valence-electron chi connectivity index (χ1n) is 7.96. The average molecular weight is 377 g/mol. The highest BCUT2D eigenvalue weighted by Gasteiger charge is 2.43. The van der Waals surface area contributed by atoms with E-state index < -0.39 is 41.3 Å². The minimum absolute atomic E-state index is 0.177. The van der Waals surface area contributed by atoms with E-state index in [9.17, 15) is 23.2 Å². The van der Waals surface area contributed by atoms with Crippen LogP contribution in [0.2, 0.25) is 39.3 Å². The molecule has 0 spiro atoms. The van der Waals surface area contributed by atoms with E-state index in [0.717, 1.165) is 12.1 Å². The van der Waals surface area contributed by atoms with Crippen LogP contribution >= 0.6 is 0 Å². The first-order valence-corrected chi connectivity index (χ1v) is 14.8. The van der Waals surface area contributed by atoms with Gasteiger partial charge in [-0.2, -0.15) is 13.2 Å². The lowest BCUT2D eigenvalue weighted by Gasteiger charge is -2.48. The lowest BCUT2D eigenvalue weighted by molar-refractivity contribution is -0.137. The van der Waals surface area contributed by atoms with Gasteiger partial charge in [0.05, 0.1) is 5.56 Å². The second kappa shape index (κ2) is 7.33. The molecule has 0 aliphatic rings. The Hall–Kier alpha value is -0.611. The zero-order valence-electron chi connectivity index (χ0n) is 15.1. The molecule has 0 bridgehead atoms. The normalized spacial score (nSPS) is 14.8. The Bertz CT molecular complexity index is 543. The number of hydrogen-bond acceptors (Lipinski definition) is 3. The molecule has 1 atom stereocenters. The summed E-state index contributed by atoms with van der Waals surface area (Å²) >= 11 is 0. The number of alkyl halides is 3. The summed E-state index contributed by atoms with van der Waals surface area (Å²) < 4.78 is 40.9. The molecule has 0 amide bonds. The maximum atomic E-state index is 12.9. The van der Waals surface area contributed by atoms with Crippen LogP contribution in [0.15, 0.2) is 24.3 Å². The number of hydrogen-bond donors (Lipinski definition) is 2. The van der Waals surface area contributed by atoms with E-state index in [4.69, 9.17) is 0 Å². The van der Waals surface area contributed by atoms with Crippen LogP contribution in [-0.4, -0.2) is 43.8 Å². The third-order valence-electron chi connectivity index (χ3n) is 3.82. The van der Waals surface area contributed by atoms with Crippen molar-refractivity contribution in [3.63, 3.8) is 0 Å². The molecule has 9 heteroatoms. The number of benzene rings is 1. The van der Waals surface area contributed by atoms with Gasteiger partial charge in [0.15, 0.2) is 0 Å². The highest BCUT2D eigenvalue weighted by molar-refractivity contribution is 6.90.